The Morgan fingerprint density at radius 2 is 1.83 bits per heavy atom. The van der Waals surface area contributed by atoms with Crippen LogP contribution in [0.3, 0.4) is 0 Å². The normalized spacial score (nSPS) is 15.7. The molecule has 0 saturated heterocycles. The van der Waals surface area contributed by atoms with Gasteiger partial charge in [-0.2, -0.15) is 0 Å². The molecule has 1 heterocycles. The summed E-state index contributed by atoms with van der Waals surface area (Å²) in [5.74, 6) is 0.692. The predicted octanol–water partition coefficient (Wildman–Crippen LogP) is 6.10. The maximum absolute atomic E-state index is 14.2. The van der Waals surface area contributed by atoms with Crippen molar-refractivity contribution in [2.75, 3.05) is 0 Å². The highest BCUT2D eigenvalue weighted by molar-refractivity contribution is 5.84. The minimum absolute atomic E-state index is 0.326. The Kier molecular flexibility index (Phi) is 3.93. The molecule has 122 valence electrons. The van der Waals surface area contributed by atoms with Gasteiger partial charge in [0.2, 0.25) is 0 Å². The average molecular weight is 322 g/mol. The third-order valence-corrected chi connectivity index (χ3v) is 5.01. The molecule has 0 bridgehead atoms. The number of hydrogen-bond acceptors (Lipinski definition) is 2. The molecule has 4 rings (SSSR count). The van der Waals surface area contributed by atoms with Gasteiger partial charge in [-0.1, -0.05) is 31.4 Å². The summed E-state index contributed by atoms with van der Waals surface area (Å²) in [6.07, 6.45) is 7.07. The highest BCUT2D eigenvalue weighted by atomic mass is 19.1. The van der Waals surface area contributed by atoms with E-state index in [4.69, 9.17) is 4.42 Å². The van der Waals surface area contributed by atoms with Gasteiger partial charge >= 0.3 is 0 Å². The van der Waals surface area contributed by atoms with E-state index in [0.717, 1.165) is 11.0 Å². The van der Waals surface area contributed by atoms with Crippen LogP contribution >= 0.6 is 0 Å². The Bertz CT molecular complexity index is 888. The number of aldehydes is 1. The summed E-state index contributed by atoms with van der Waals surface area (Å²) in [6, 6.07) is 12.6. The van der Waals surface area contributed by atoms with Crippen LogP contribution in [0.15, 0.2) is 46.9 Å². The van der Waals surface area contributed by atoms with Crippen molar-refractivity contribution < 1.29 is 13.6 Å². The lowest BCUT2D eigenvalue weighted by molar-refractivity contribution is 0.112. The highest BCUT2D eigenvalue weighted by Crippen LogP contribution is 2.36. The zero-order chi connectivity index (χ0) is 16.5. The van der Waals surface area contributed by atoms with Gasteiger partial charge in [0, 0.05) is 10.9 Å². The van der Waals surface area contributed by atoms with Gasteiger partial charge in [-0.25, -0.2) is 4.39 Å². The predicted molar refractivity (Wildman–Crippen MR) is 92.8 cm³/mol. The van der Waals surface area contributed by atoms with E-state index in [1.54, 1.807) is 12.1 Å². The van der Waals surface area contributed by atoms with E-state index in [1.165, 1.54) is 43.7 Å². The van der Waals surface area contributed by atoms with Gasteiger partial charge in [-0.05, 0) is 54.7 Å². The van der Waals surface area contributed by atoms with Crippen LogP contribution in [0.4, 0.5) is 4.39 Å². The van der Waals surface area contributed by atoms with Crippen molar-refractivity contribution in [3.63, 3.8) is 0 Å². The summed E-state index contributed by atoms with van der Waals surface area (Å²) in [5, 5.41) is 1.01. The number of rotatable bonds is 3. The Labute approximate surface area is 140 Å². The first-order valence-corrected chi connectivity index (χ1v) is 8.53. The third-order valence-electron chi connectivity index (χ3n) is 5.01. The van der Waals surface area contributed by atoms with Gasteiger partial charge in [0.15, 0.2) is 0 Å². The molecule has 2 aromatic carbocycles. The molecule has 3 heteroatoms. The van der Waals surface area contributed by atoms with Crippen molar-refractivity contribution in [3.05, 3.63) is 59.4 Å². The average Bonchev–Trinajstić information content (AvgIpc) is 3.05. The summed E-state index contributed by atoms with van der Waals surface area (Å²) < 4.78 is 20.0. The first kappa shape index (κ1) is 15.1. The number of benzene rings is 2. The quantitative estimate of drug-likeness (QED) is 0.545. The molecule has 24 heavy (non-hydrogen) atoms. The first-order chi connectivity index (χ1) is 11.7. The van der Waals surface area contributed by atoms with Crippen molar-refractivity contribution in [3.8, 4) is 11.3 Å². The number of fused-ring (bicyclic) bond motifs is 1. The molecule has 1 aromatic heterocycles. The number of carbonyl (C=O) groups is 1. The topological polar surface area (TPSA) is 30.2 Å². The van der Waals surface area contributed by atoms with Crippen LogP contribution in [-0.4, -0.2) is 6.29 Å². The fraction of sp³-hybridized carbons (Fsp3) is 0.286. The second-order valence-electron chi connectivity index (χ2n) is 6.60. The molecular weight excluding hydrogens is 303 g/mol. The molecule has 1 aliphatic carbocycles. The van der Waals surface area contributed by atoms with Crippen molar-refractivity contribution in [1.29, 1.82) is 0 Å². The summed E-state index contributed by atoms with van der Waals surface area (Å²) >= 11 is 0. The summed E-state index contributed by atoms with van der Waals surface area (Å²) in [5.41, 5.74) is 2.83. The molecule has 0 aliphatic heterocycles. The zero-order valence-corrected chi connectivity index (χ0v) is 13.4. The number of carbonyl (C=O) groups excluding carboxylic acids is 1. The Morgan fingerprint density at radius 3 is 2.58 bits per heavy atom. The maximum atomic E-state index is 14.2. The molecule has 0 N–H and O–H groups in total. The minimum Gasteiger partial charge on any atom is -0.456 e. The SMILES string of the molecule is O=Cc1ccc(-c2cc3cc(C4CCCCC4)ccc3o2)c(F)c1. The van der Waals surface area contributed by atoms with E-state index in [9.17, 15) is 9.18 Å². The van der Waals surface area contributed by atoms with Crippen LogP contribution in [0.25, 0.3) is 22.3 Å². The van der Waals surface area contributed by atoms with E-state index in [0.29, 0.717) is 29.1 Å². The van der Waals surface area contributed by atoms with Gasteiger partial charge in [-0.15, -0.1) is 0 Å². The molecular formula is C21H19FO2. The molecule has 0 spiro atoms. The Balaban J connectivity index is 1.71. The minimum atomic E-state index is -0.439. The van der Waals surface area contributed by atoms with E-state index < -0.39 is 5.82 Å². The number of halogens is 1. The van der Waals surface area contributed by atoms with Crippen LogP contribution in [0.2, 0.25) is 0 Å². The summed E-state index contributed by atoms with van der Waals surface area (Å²) in [6.45, 7) is 0. The van der Waals surface area contributed by atoms with E-state index >= 15 is 0 Å². The fourth-order valence-corrected chi connectivity index (χ4v) is 3.69. The number of furan rings is 1. The highest BCUT2D eigenvalue weighted by Gasteiger charge is 2.17. The molecule has 2 nitrogen and oxygen atoms in total. The lowest BCUT2D eigenvalue weighted by Gasteiger charge is -2.21. The molecule has 1 fully saturated rings. The van der Waals surface area contributed by atoms with Gasteiger partial charge < -0.3 is 4.42 Å². The molecule has 1 aliphatic rings. The second kappa shape index (κ2) is 6.23. The zero-order valence-electron chi connectivity index (χ0n) is 13.4. The first-order valence-electron chi connectivity index (χ1n) is 8.53. The van der Waals surface area contributed by atoms with Gasteiger partial charge in [-0.3, -0.25) is 4.79 Å². The summed E-state index contributed by atoms with van der Waals surface area (Å²) in [4.78, 5) is 10.7. The van der Waals surface area contributed by atoms with Crippen LogP contribution < -0.4 is 0 Å². The molecule has 3 aromatic rings. The third kappa shape index (κ3) is 2.75. The van der Waals surface area contributed by atoms with Crippen molar-refractivity contribution >= 4 is 17.3 Å². The van der Waals surface area contributed by atoms with Crippen molar-refractivity contribution in [1.82, 2.24) is 0 Å². The van der Waals surface area contributed by atoms with E-state index in [1.807, 2.05) is 12.1 Å². The molecule has 0 radical (unpaired) electrons. The second-order valence-corrected chi connectivity index (χ2v) is 6.60. The van der Waals surface area contributed by atoms with Gasteiger partial charge in [0.25, 0.3) is 0 Å². The number of hydrogen-bond donors (Lipinski definition) is 0. The fourth-order valence-electron chi connectivity index (χ4n) is 3.69. The molecule has 0 amide bonds. The molecule has 1 saturated carbocycles. The largest absolute Gasteiger partial charge is 0.456 e. The lowest BCUT2D eigenvalue weighted by Crippen LogP contribution is -2.03. The Hall–Kier alpha value is -2.42. The molecule has 0 atom stereocenters. The van der Waals surface area contributed by atoms with E-state index in [2.05, 4.69) is 12.1 Å². The Morgan fingerprint density at radius 1 is 1.00 bits per heavy atom. The van der Waals surface area contributed by atoms with Crippen molar-refractivity contribution in [2.45, 2.75) is 38.0 Å². The van der Waals surface area contributed by atoms with Crippen molar-refractivity contribution in [2.24, 2.45) is 0 Å². The van der Waals surface area contributed by atoms with Gasteiger partial charge in [0.1, 0.15) is 23.4 Å². The van der Waals surface area contributed by atoms with Crippen LogP contribution in [-0.2, 0) is 0 Å². The lowest BCUT2D eigenvalue weighted by atomic mass is 9.84. The standard InChI is InChI=1S/C21H19FO2/c22-19-10-14(13-23)6-8-18(19)21-12-17-11-16(7-9-20(17)24-21)15-4-2-1-3-5-15/h6-13,15H,1-5H2. The molecule has 0 unspecified atom stereocenters. The van der Waals surface area contributed by atoms with Crippen LogP contribution in [0, 0.1) is 5.82 Å². The van der Waals surface area contributed by atoms with Gasteiger partial charge in [0.05, 0.1) is 5.56 Å². The van der Waals surface area contributed by atoms with E-state index in [-0.39, 0.29) is 0 Å². The maximum Gasteiger partial charge on any atom is 0.150 e. The monoisotopic (exact) mass is 322 g/mol. The summed E-state index contributed by atoms with van der Waals surface area (Å²) in [7, 11) is 0. The smallest absolute Gasteiger partial charge is 0.150 e. The van der Waals surface area contributed by atoms with Crippen LogP contribution in [0.1, 0.15) is 53.9 Å². The van der Waals surface area contributed by atoms with Crippen LogP contribution in [0.5, 0.6) is 0 Å².